The fourth-order valence-corrected chi connectivity index (χ4v) is 0.950. The van der Waals surface area contributed by atoms with Crippen LogP contribution in [-0.2, 0) is 0 Å². The molecule has 0 spiro atoms. The van der Waals surface area contributed by atoms with Crippen molar-refractivity contribution < 1.29 is 27.1 Å². The van der Waals surface area contributed by atoms with Crippen molar-refractivity contribution in [2.24, 2.45) is 5.73 Å². The number of benzene rings is 1. The molecule has 0 saturated carbocycles. The van der Waals surface area contributed by atoms with Crippen LogP contribution < -0.4 is 10.5 Å². The molecule has 1 aromatic rings. The normalized spacial score (nSPS) is 11.6. The summed E-state index contributed by atoms with van der Waals surface area (Å²) in [5.74, 6) is -1.72. The fraction of sp³-hybridized carbons (Fsp3) is 0.222. The van der Waals surface area contributed by atoms with Gasteiger partial charge in [-0.3, -0.25) is 4.79 Å². The highest BCUT2D eigenvalue weighted by atomic mass is 19.3. The molecular weight excluding hydrogens is 230 g/mol. The Morgan fingerprint density at radius 2 is 1.88 bits per heavy atom. The van der Waals surface area contributed by atoms with Crippen LogP contribution in [0, 0.1) is 0 Å². The number of ether oxygens (including phenoxy) is 1. The summed E-state index contributed by atoms with van der Waals surface area (Å²) in [6.07, 6.45) is -8.65. The number of hydrogen-bond donors (Lipinski definition) is 1. The molecule has 88 valence electrons. The number of para-hydroxylation sites is 1. The van der Waals surface area contributed by atoms with E-state index in [9.17, 15) is 22.4 Å². The maximum Gasteiger partial charge on any atom is 0.461 e. The van der Waals surface area contributed by atoms with Crippen molar-refractivity contribution in [1.29, 1.82) is 0 Å². The van der Waals surface area contributed by atoms with Crippen LogP contribution in [0.15, 0.2) is 24.3 Å². The van der Waals surface area contributed by atoms with Gasteiger partial charge in [-0.05, 0) is 12.1 Å². The fourth-order valence-electron chi connectivity index (χ4n) is 0.950. The number of carbonyl (C=O) groups is 1. The molecule has 0 aromatic heterocycles. The van der Waals surface area contributed by atoms with Gasteiger partial charge in [-0.1, -0.05) is 12.1 Å². The molecule has 1 amide bonds. The van der Waals surface area contributed by atoms with Crippen LogP contribution >= 0.6 is 0 Å². The lowest BCUT2D eigenvalue weighted by atomic mass is 10.2. The van der Waals surface area contributed by atoms with Gasteiger partial charge in [0.15, 0.2) is 0 Å². The Morgan fingerprint density at radius 3 is 2.38 bits per heavy atom. The zero-order chi connectivity index (χ0) is 12.3. The van der Waals surface area contributed by atoms with Crippen molar-refractivity contribution in [2.45, 2.75) is 12.5 Å². The third-order valence-corrected chi connectivity index (χ3v) is 1.65. The van der Waals surface area contributed by atoms with Gasteiger partial charge in [-0.25, -0.2) is 0 Å². The van der Waals surface area contributed by atoms with Crippen molar-refractivity contribution in [3.05, 3.63) is 29.8 Å². The molecule has 2 N–H and O–H groups in total. The molecule has 0 saturated heterocycles. The molecule has 16 heavy (non-hydrogen) atoms. The van der Waals surface area contributed by atoms with Crippen molar-refractivity contribution in [2.75, 3.05) is 0 Å². The van der Waals surface area contributed by atoms with Crippen LogP contribution in [-0.4, -0.2) is 18.4 Å². The Kier molecular flexibility index (Phi) is 3.36. The Labute approximate surface area is 87.8 Å². The first-order valence-electron chi connectivity index (χ1n) is 4.08. The summed E-state index contributed by atoms with van der Waals surface area (Å²) >= 11 is 0. The summed E-state index contributed by atoms with van der Waals surface area (Å²) in [5, 5.41) is 0. The zero-order valence-corrected chi connectivity index (χ0v) is 7.79. The molecule has 1 aromatic carbocycles. The summed E-state index contributed by atoms with van der Waals surface area (Å²) in [7, 11) is 0. The van der Waals surface area contributed by atoms with Crippen molar-refractivity contribution >= 4 is 5.91 Å². The Morgan fingerprint density at radius 1 is 1.31 bits per heavy atom. The van der Waals surface area contributed by atoms with E-state index >= 15 is 0 Å². The number of halogens is 4. The molecule has 7 heteroatoms. The molecule has 0 bridgehead atoms. The summed E-state index contributed by atoms with van der Waals surface area (Å²) in [6.45, 7) is 0. The quantitative estimate of drug-likeness (QED) is 0.814. The highest BCUT2D eigenvalue weighted by Gasteiger charge is 2.44. The molecule has 0 atom stereocenters. The van der Waals surface area contributed by atoms with Crippen LogP contribution in [0.2, 0.25) is 0 Å². The average Bonchev–Trinajstić information content (AvgIpc) is 2.17. The smallest absolute Gasteiger partial charge is 0.427 e. The van der Waals surface area contributed by atoms with Gasteiger partial charge in [-0.2, -0.15) is 17.6 Å². The molecule has 0 aliphatic carbocycles. The van der Waals surface area contributed by atoms with E-state index < -0.39 is 24.2 Å². The van der Waals surface area contributed by atoms with Crippen LogP contribution in [0.5, 0.6) is 5.75 Å². The van der Waals surface area contributed by atoms with E-state index in [-0.39, 0.29) is 5.56 Å². The van der Waals surface area contributed by atoms with Crippen molar-refractivity contribution in [3.8, 4) is 5.75 Å². The SMILES string of the molecule is NC(=O)c1ccccc1OC(F)(F)C(F)F. The first-order valence-corrected chi connectivity index (χ1v) is 4.08. The molecule has 3 nitrogen and oxygen atoms in total. The maximum atomic E-state index is 12.6. The van der Waals surface area contributed by atoms with Gasteiger partial charge in [0.1, 0.15) is 5.75 Å². The Balaban J connectivity index is 3.02. The number of amides is 1. The Bertz CT molecular complexity index is 395. The standard InChI is InChI=1S/C9H7F4NO2/c10-8(11)9(12,13)16-6-4-2-1-3-5(6)7(14)15/h1-4,8H,(H2,14,15). The number of rotatable bonds is 4. The maximum absolute atomic E-state index is 12.6. The molecular formula is C9H7F4NO2. The second-order valence-electron chi connectivity index (χ2n) is 2.82. The first kappa shape index (κ1) is 12.3. The number of nitrogens with two attached hydrogens (primary N) is 1. The number of alkyl halides is 4. The van der Waals surface area contributed by atoms with E-state index in [4.69, 9.17) is 5.73 Å². The molecule has 0 radical (unpaired) electrons. The molecule has 0 aliphatic heterocycles. The molecule has 0 aliphatic rings. The number of carbonyl (C=O) groups excluding carboxylic acids is 1. The summed E-state index contributed by atoms with van der Waals surface area (Å²) in [6, 6.07) is 4.65. The average molecular weight is 237 g/mol. The third kappa shape index (κ3) is 2.62. The van der Waals surface area contributed by atoms with Crippen LogP contribution in [0.4, 0.5) is 17.6 Å². The molecule has 0 fully saturated rings. The number of hydrogen-bond acceptors (Lipinski definition) is 2. The lowest BCUT2D eigenvalue weighted by molar-refractivity contribution is -0.253. The van der Waals surface area contributed by atoms with Gasteiger partial charge < -0.3 is 10.5 Å². The second-order valence-corrected chi connectivity index (χ2v) is 2.82. The lowest BCUT2D eigenvalue weighted by Crippen LogP contribution is -2.34. The van der Waals surface area contributed by atoms with E-state index in [1.165, 1.54) is 12.1 Å². The molecule has 1 rings (SSSR count). The topological polar surface area (TPSA) is 52.3 Å². The van der Waals surface area contributed by atoms with Gasteiger partial charge in [0, 0.05) is 0 Å². The van der Waals surface area contributed by atoms with Crippen LogP contribution in [0.1, 0.15) is 10.4 Å². The van der Waals surface area contributed by atoms with Crippen LogP contribution in [0.25, 0.3) is 0 Å². The van der Waals surface area contributed by atoms with E-state index in [0.717, 1.165) is 12.1 Å². The van der Waals surface area contributed by atoms with E-state index in [0.29, 0.717) is 0 Å². The highest BCUT2D eigenvalue weighted by Crippen LogP contribution is 2.29. The van der Waals surface area contributed by atoms with Gasteiger partial charge in [0.05, 0.1) is 5.56 Å². The van der Waals surface area contributed by atoms with Gasteiger partial charge in [0.25, 0.3) is 5.91 Å². The predicted octanol–water partition coefficient (Wildman–Crippen LogP) is 2.02. The number of primary amides is 1. The molecule has 0 unspecified atom stereocenters. The zero-order valence-electron chi connectivity index (χ0n) is 7.79. The minimum atomic E-state index is -4.66. The van der Waals surface area contributed by atoms with Crippen LogP contribution in [0.3, 0.4) is 0 Å². The van der Waals surface area contributed by atoms with Gasteiger partial charge in [-0.15, -0.1) is 0 Å². The highest BCUT2D eigenvalue weighted by molar-refractivity contribution is 5.95. The summed E-state index contributed by atoms with van der Waals surface area (Å²) in [5.41, 5.74) is 4.47. The summed E-state index contributed by atoms with van der Waals surface area (Å²) < 4.78 is 52.6. The van der Waals surface area contributed by atoms with Gasteiger partial charge >= 0.3 is 12.5 Å². The largest absolute Gasteiger partial charge is 0.461 e. The van der Waals surface area contributed by atoms with Gasteiger partial charge in [0.2, 0.25) is 0 Å². The van der Waals surface area contributed by atoms with E-state index in [2.05, 4.69) is 4.74 Å². The van der Waals surface area contributed by atoms with Crippen molar-refractivity contribution in [3.63, 3.8) is 0 Å². The first-order chi connectivity index (χ1) is 7.34. The minimum absolute atomic E-state index is 0.386. The summed E-state index contributed by atoms with van der Waals surface area (Å²) in [4.78, 5) is 10.8. The Hall–Kier alpha value is -1.79. The lowest BCUT2D eigenvalue weighted by Gasteiger charge is -2.17. The molecule has 0 heterocycles. The minimum Gasteiger partial charge on any atom is -0.427 e. The second kappa shape index (κ2) is 4.38. The van der Waals surface area contributed by atoms with E-state index in [1.54, 1.807) is 0 Å². The van der Waals surface area contributed by atoms with Crippen molar-refractivity contribution in [1.82, 2.24) is 0 Å². The van der Waals surface area contributed by atoms with E-state index in [1.807, 2.05) is 0 Å². The monoisotopic (exact) mass is 237 g/mol. The predicted molar refractivity (Wildman–Crippen MR) is 46.5 cm³/mol. The third-order valence-electron chi connectivity index (χ3n) is 1.65.